The average Bonchev–Trinajstić information content (AvgIpc) is 2.52. The molecule has 23 heavy (non-hydrogen) atoms. The van der Waals surface area contributed by atoms with Crippen molar-refractivity contribution in [2.75, 3.05) is 37.8 Å². The van der Waals surface area contributed by atoms with Gasteiger partial charge in [0.2, 0.25) is 0 Å². The molecule has 0 fully saturated rings. The molecule has 2 N–H and O–H groups in total. The molecule has 5 nitrogen and oxygen atoms in total. The van der Waals surface area contributed by atoms with Crippen molar-refractivity contribution < 1.29 is 9.18 Å². The first kappa shape index (κ1) is 16.9. The maximum atomic E-state index is 13.1. The van der Waals surface area contributed by atoms with E-state index in [1.165, 1.54) is 12.1 Å². The molecule has 0 aliphatic carbocycles. The van der Waals surface area contributed by atoms with E-state index in [0.717, 1.165) is 25.2 Å². The molecule has 6 heteroatoms. The Bertz CT molecular complexity index is 643. The molecule has 0 saturated carbocycles. The van der Waals surface area contributed by atoms with Gasteiger partial charge in [0.25, 0.3) is 5.91 Å². The Kier molecular flexibility index (Phi) is 6.05. The van der Waals surface area contributed by atoms with Crippen LogP contribution in [0.3, 0.4) is 0 Å². The molecular weight excluding hydrogens is 295 g/mol. The molecule has 1 aromatic carbocycles. The molecule has 0 unspecified atom stereocenters. The van der Waals surface area contributed by atoms with Crippen LogP contribution in [0, 0.1) is 5.82 Å². The van der Waals surface area contributed by atoms with Gasteiger partial charge in [-0.2, -0.15) is 0 Å². The molecule has 122 valence electrons. The summed E-state index contributed by atoms with van der Waals surface area (Å²) in [6.07, 6.45) is 2.64. The van der Waals surface area contributed by atoms with Crippen LogP contribution in [0.5, 0.6) is 0 Å². The van der Waals surface area contributed by atoms with Gasteiger partial charge >= 0.3 is 0 Å². The third-order valence-electron chi connectivity index (χ3n) is 3.19. The normalized spacial score (nSPS) is 10.6. The second kappa shape index (κ2) is 8.24. The third-order valence-corrected chi connectivity index (χ3v) is 3.19. The first-order chi connectivity index (χ1) is 11.0. The Morgan fingerprint density at radius 1 is 1.22 bits per heavy atom. The van der Waals surface area contributed by atoms with Gasteiger partial charge in [-0.1, -0.05) is 6.07 Å². The fraction of sp³-hybridized carbons (Fsp3) is 0.294. The van der Waals surface area contributed by atoms with Crippen molar-refractivity contribution in [2.24, 2.45) is 0 Å². The highest BCUT2D eigenvalue weighted by Gasteiger charge is 2.08. The van der Waals surface area contributed by atoms with E-state index in [0.29, 0.717) is 5.69 Å². The SMILES string of the molecule is CN(C)CCCNc1ccc(C(=O)Nc2cccc(F)c2)nc1. The molecule has 0 bridgehead atoms. The Morgan fingerprint density at radius 2 is 2.04 bits per heavy atom. The van der Waals surface area contributed by atoms with Crippen molar-refractivity contribution in [1.29, 1.82) is 0 Å². The van der Waals surface area contributed by atoms with Crippen LogP contribution in [0.2, 0.25) is 0 Å². The number of nitrogens with zero attached hydrogens (tertiary/aromatic N) is 2. The molecular formula is C17H21FN4O. The number of hydrogen-bond donors (Lipinski definition) is 2. The van der Waals surface area contributed by atoms with Gasteiger partial charge in [0, 0.05) is 12.2 Å². The lowest BCUT2D eigenvalue weighted by Gasteiger charge is -2.10. The minimum Gasteiger partial charge on any atom is -0.384 e. The zero-order chi connectivity index (χ0) is 16.7. The number of carbonyl (C=O) groups is 1. The predicted molar refractivity (Wildman–Crippen MR) is 90.3 cm³/mol. The zero-order valence-corrected chi connectivity index (χ0v) is 13.3. The summed E-state index contributed by atoms with van der Waals surface area (Å²) in [5.41, 5.74) is 1.56. The van der Waals surface area contributed by atoms with Gasteiger partial charge < -0.3 is 15.5 Å². The Hall–Kier alpha value is -2.47. The van der Waals surface area contributed by atoms with Crippen LogP contribution < -0.4 is 10.6 Å². The van der Waals surface area contributed by atoms with E-state index in [1.807, 2.05) is 20.2 Å². The number of aromatic nitrogens is 1. The van der Waals surface area contributed by atoms with E-state index < -0.39 is 5.82 Å². The summed E-state index contributed by atoms with van der Waals surface area (Å²) >= 11 is 0. The zero-order valence-electron chi connectivity index (χ0n) is 13.3. The van der Waals surface area contributed by atoms with Gasteiger partial charge in [-0.05, 0) is 57.4 Å². The van der Waals surface area contributed by atoms with Gasteiger partial charge in [0.1, 0.15) is 11.5 Å². The van der Waals surface area contributed by atoms with E-state index in [1.54, 1.807) is 24.4 Å². The van der Waals surface area contributed by atoms with Crippen molar-refractivity contribution in [2.45, 2.75) is 6.42 Å². The molecule has 2 aromatic rings. The summed E-state index contributed by atoms with van der Waals surface area (Å²) < 4.78 is 13.1. The Morgan fingerprint density at radius 3 is 2.70 bits per heavy atom. The van der Waals surface area contributed by atoms with Gasteiger partial charge in [0.05, 0.1) is 11.9 Å². The second-order valence-corrected chi connectivity index (χ2v) is 5.48. The van der Waals surface area contributed by atoms with Gasteiger partial charge in [-0.3, -0.25) is 4.79 Å². The predicted octanol–water partition coefficient (Wildman–Crippen LogP) is 2.84. The van der Waals surface area contributed by atoms with Crippen molar-refractivity contribution in [3.63, 3.8) is 0 Å². The van der Waals surface area contributed by atoms with Crippen molar-refractivity contribution in [1.82, 2.24) is 9.88 Å². The van der Waals surface area contributed by atoms with Gasteiger partial charge in [-0.25, -0.2) is 9.37 Å². The Balaban J connectivity index is 1.87. The maximum Gasteiger partial charge on any atom is 0.274 e. The fourth-order valence-corrected chi connectivity index (χ4v) is 2.02. The highest BCUT2D eigenvalue weighted by molar-refractivity contribution is 6.02. The largest absolute Gasteiger partial charge is 0.384 e. The monoisotopic (exact) mass is 316 g/mol. The quantitative estimate of drug-likeness (QED) is 0.771. The van der Waals surface area contributed by atoms with Gasteiger partial charge in [0.15, 0.2) is 0 Å². The lowest BCUT2D eigenvalue weighted by atomic mass is 10.2. The van der Waals surface area contributed by atoms with Crippen LogP contribution in [-0.2, 0) is 0 Å². The van der Waals surface area contributed by atoms with E-state index in [2.05, 4.69) is 20.5 Å². The minimum absolute atomic E-state index is 0.285. The van der Waals surface area contributed by atoms with Crippen molar-refractivity contribution in [3.05, 3.63) is 54.1 Å². The number of hydrogen-bond acceptors (Lipinski definition) is 4. The van der Waals surface area contributed by atoms with E-state index in [4.69, 9.17) is 0 Å². The number of anilines is 2. The first-order valence-corrected chi connectivity index (χ1v) is 7.46. The minimum atomic E-state index is -0.395. The van der Waals surface area contributed by atoms with E-state index in [9.17, 15) is 9.18 Å². The van der Waals surface area contributed by atoms with Crippen molar-refractivity contribution in [3.8, 4) is 0 Å². The second-order valence-electron chi connectivity index (χ2n) is 5.48. The summed E-state index contributed by atoms with van der Waals surface area (Å²) in [6.45, 7) is 1.85. The molecule has 1 amide bonds. The fourth-order valence-electron chi connectivity index (χ4n) is 2.02. The summed E-state index contributed by atoms with van der Waals surface area (Å²) in [6, 6.07) is 9.20. The van der Waals surface area contributed by atoms with Crippen LogP contribution in [0.4, 0.5) is 15.8 Å². The standard InChI is InChI=1S/C17H21FN4O/c1-22(2)10-4-9-19-15-7-8-16(20-12-15)17(23)21-14-6-3-5-13(18)11-14/h3,5-8,11-12,19H,4,9-10H2,1-2H3,(H,21,23). The number of benzene rings is 1. The van der Waals surface area contributed by atoms with Crippen LogP contribution in [0.25, 0.3) is 0 Å². The van der Waals surface area contributed by atoms with Crippen LogP contribution >= 0.6 is 0 Å². The third kappa shape index (κ3) is 5.67. The van der Waals surface area contributed by atoms with Crippen LogP contribution in [0.15, 0.2) is 42.6 Å². The molecule has 0 radical (unpaired) electrons. The molecule has 0 saturated heterocycles. The number of carbonyl (C=O) groups excluding carboxylic acids is 1. The van der Waals surface area contributed by atoms with E-state index >= 15 is 0 Å². The Labute approximate surface area is 135 Å². The molecule has 2 rings (SSSR count). The average molecular weight is 316 g/mol. The summed E-state index contributed by atoms with van der Waals surface area (Å²) in [5, 5.41) is 5.87. The summed E-state index contributed by atoms with van der Waals surface area (Å²) in [5.74, 6) is -0.761. The number of pyridine rings is 1. The first-order valence-electron chi connectivity index (χ1n) is 7.46. The topological polar surface area (TPSA) is 57.3 Å². The maximum absolute atomic E-state index is 13.1. The highest BCUT2D eigenvalue weighted by atomic mass is 19.1. The lowest BCUT2D eigenvalue weighted by Crippen LogP contribution is -2.16. The van der Waals surface area contributed by atoms with E-state index in [-0.39, 0.29) is 11.6 Å². The number of rotatable bonds is 7. The highest BCUT2D eigenvalue weighted by Crippen LogP contribution is 2.12. The lowest BCUT2D eigenvalue weighted by molar-refractivity contribution is 0.102. The number of halogens is 1. The molecule has 1 aromatic heterocycles. The smallest absolute Gasteiger partial charge is 0.274 e. The molecule has 0 spiro atoms. The summed E-state index contributed by atoms with van der Waals surface area (Å²) in [4.78, 5) is 18.3. The van der Waals surface area contributed by atoms with Gasteiger partial charge in [-0.15, -0.1) is 0 Å². The van der Waals surface area contributed by atoms with Crippen LogP contribution in [-0.4, -0.2) is 43.0 Å². The number of amides is 1. The summed E-state index contributed by atoms with van der Waals surface area (Å²) in [7, 11) is 4.07. The molecule has 0 aliphatic heterocycles. The van der Waals surface area contributed by atoms with Crippen LogP contribution in [0.1, 0.15) is 16.9 Å². The molecule has 0 atom stereocenters. The number of nitrogens with one attached hydrogen (secondary N) is 2. The van der Waals surface area contributed by atoms with Crippen molar-refractivity contribution >= 4 is 17.3 Å². The molecule has 1 heterocycles. The molecule has 0 aliphatic rings.